The molecule has 0 saturated heterocycles. The standard InChI is InChI=1S/C16H22N4O/c1-2-11-21-14-8-6-13(7-9-14)17-12-16-19-18-15-5-3-4-10-20(15)16/h6-9,17H,2-5,10-12H2,1H3. The van der Waals surface area contributed by atoms with Crippen molar-refractivity contribution < 1.29 is 4.74 Å². The van der Waals surface area contributed by atoms with Gasteiger partial charge in [0.05, 0.1) is 13.2 Å². The Labute approximate surface area is 125 Å². The summed E-state index contributed by atoms with van der Waals surface area (Å²) in [4.78, 5) is 0. The summed E-state index contributed by atoms with van der Waals surface area (Å²) in [5.74, 6) is 3.07. The predicted molar refractivity (Wildman–Crippen MR) is 82.5 cm³/mol. The lowest BCUT2D eigenvalue weighted by Crippen LogP contribution is -2.15. The number of anilines is 1. The van der Waals surface area contributed by atoms with Gasteiger partial charge in [-0.2, -0.15) is 0 Å². The number of aromatic nitrogens is 3. The number of fused-ring (bicyclic) bond motifs is 1. The molecule has 21 heavy (non-hydrogen) atoms. The Morgan fingerprint density at radius 3 is 2.86 bits per heavy atom. The molecule has 3 rings (SSSR count). The van der Waals surface area contributed by atoms with Crippen LogP contribution in [0.5, 0.6) is 5.75 Å². The van der Waals surface area contributed by atoms with Gasteiger partial charge in [0.25, 0.3) is 0 Å². The Balaban J connectivity index is 1.58. The van der Waals surface area contributed by atoms with E-state index in [1.54, 1.807) is 0 Å². The van der Waals surface area contributed by atoms with Crippen LogP contribution in [0.2, 0.25) is 0 Å². The molecule has 0 atom stereocenters. The van der Waals surface area contributed by atoms with Gasteiger partial charge < -0.3 is 14.6 Å². The van der Waals surface area contributed by atoms with E-state index in [9.17, 15) is 0 Å². The van der Waals surface area contributed by atoms with E-state index in [2.05, 4.69) is 27.0 Å². The number of aryl methyl sites for hydroxylation is 1. The molecule has 1 N–H and O–H groups in total. The van der Waals surface area contributed by atoms with Gasteiger partial charge in [-0.3, -0.25) is 0 Å². The number of hydrogen-bond donors (Lipinski definition) is 1. The summed E-state index contributed by atoms with van der Waals surface area (Å²) >= 11 is 0. The van der Waals surface area contributed by atoms with Gasteiger partial charge in [-0.15, -0.1) is 10.2 Å². The SMILES string of the molecule is CCCOc1ccc(NCc2nnc3n2CCCC3)cc1. The molecule has 0 spiro atoms. The van der Waals surface area contributed by atoms with Gasteiger partial charge in [-0.1, -0.05) is 6.92 Å². The molecule has 112 valence electrons. The normalized spacial score (nSPS) is 13.8. The Morgan fingerprint density at radius 1 is 1.19 bits per heavy atom. The number of benzene rings is 1. The van der Waals surface area contributed by atoms with E-state index >= 15 is 0 Å². The lowest BCUT2D eigenvalue weighted by atomic mass is 10.2. The van der Waals surface area contributed by atoms with Crippen LogP contribution in [0, 0.1) is 0 Å². The largest absolute Gasteiger partial charge is 0.494 e. The van der Waals surface area contributed by atoms with Gasteiger partial charge in [0.1, 0.15) is 11.6 Å². The highest BCUT2D eigenvalue weighted by Gasteiger charge is 2.15. The second kappa shape index (κ2) is 6.61. The van der Waals surface area contributed by atoms with E-state index in [-0.39, 0.29) is 0 Å². The Bertz CT molecular complexity index is 576. The van der Waals surface area contributed by atoms with Crippen LogP contribution in [0.3, 0.4) is 0 Å². The van der Waals surface area contributed by atoms with Crippen LogP contribution in [-0.4, -0.2) is 21.4 Å². The summed E-state index contributed by atoms with van der Waals surface area (Å²) in [6, 6.07) is 8.07. The van der Waals surface area contributed by atoms with Crippen LogP contribution in [-0.2, 0) is 19.5 Å². The van der Waals surface area contributed by atoms with Crippen LogP contribution >= 0.6 is 0 Å². The van der Waals surface area contributed by atoms with Gasteiger partial charge >= 0.3 is 0 Å². The summed E-state index contributed by atoms with van der Waals surface area (Å²) in [6.07, 6.45) is 4.53. The van der Waals surface area contributed by atoms with Crippen molar-refractivity contribution >= 4 is 5.69 Å². The maximum Gasteiger partial charge on any atom is 0.152 e. The maximum absolute atomic E-state index is 5.58. The van der Waals surface area contributed by atoms with Crippen LogP contribution in [0.4, 0.5) is 5.69 Å². The summed E-state index contributed by atoms with van der Waals surface area (Å²) in [7, 11) is 0. The molecule has 0 bridgehead atoms. The van der Waals surface area contributed by atoms with Gasteiger partial charge in [0.2, 0.25) is 0 Å². The smallest absolute Gasteiger partial charge is 0.152 e. The van der Waals surface area contributed by atoms with Crippen molar-refractivity contribution in [2.24, 2.45) is 0 Å². The summed E-state index contributed by atoms with van der Waals surface area (Å²) in [5, 5.41) is 12.0. The van der Waals surface area contributed by atoms with E-state index < -0.39 is 0 Å². The molecule has 2 heterocycles. The molecular formula is C16H22N4O. The highest BCUT2D eigenvalue weighted by atomic mass is 16.5. The molecule has 1 aromatic carbocycles. The third kappa shape index (κ3) is 3.35. The fraction of sp³-hybridized carbons (Fsp3) is 0.500. The Hall–Kier alpha value is -2.04. The quantitative estimate of drug-likeness (QED) is 0.887. The number of nitrogens with one attached hydrogen (secondary N) is 1. The minimum absolute atomic E-state index is 0.710. The monoisotopic (exact) mass is 286 g/mol. The van der Waals surface area contributed by atoms with Crippen molar-refractivity contribution in [2.75, 3.05) is 11.9 Å². The van der Waals surface area contributed by atoms with Gasteiger partial charge in [0.15, 0.2) is 5.82 Å². The third-order valence-electron chi connectivity index (χ3n) is 3.71. The molecule has 1 aliphatic rings. The first-order chi connectivity index (χ1) is 10.4. The van der Waals surface area contributed by atoms with Crippen LogP contribution in [0.25, 0.3) is 0 Å². The van der Waals surface area contributed by atoms with Crippen molar-refractivity contribution in [1.82, 2.24) is 14.8 Å². The highest BCUT2D eigenvalue weighted by Crippen LogP contribution is 2.18. The van der Waals surface area contributed by atoms with E-state index in [1.807, 2.05) is 24.3 Å². The summed E-state index contributed by atoms with van der Waals surface area (Å²) in [6.45, 7) is 4.62. The zero-order valence-electron chi connectivity index (χ0n) is 12.5. The first kappa shape index (κ1) is 13.9. The molecule has 1 aromatic heterocycles. The lowest BCUT2D eigenvalue weighted by molar-refractivity contribution is 0.317. The fourth-order valence-corrected chi connectivity index (χ4v) is 2.57. The second-order valence-corrected chi connectivity index (χ2v) is 5.37. The molecular weight excluding hydrogens is 264 g/mol. The fourth-order valence-electron chi connectivity index (χ4n) is 2.57. The molecule has 0 radical (unpaired) electrons. The van der Waals surface area contributed by atoms with Crippen molar-refractivity contribution in [3.8, 4) is 5.75 Å². The molecule has 5 nitrogen and oxygen atoms in total. The summed E-state index contributed by atoms with van der Waals surface area (Å²) < 4.78 is 7.83. The van der Waals surface area contributed by atoms with Crippen LogP contribution < -0.4 is 10.1 Å². The van der Waals surface area contributed by atoms with Crippen molar-refractivity contribution in [3.05, 3.63) is 35.9 Å². The molecule has 0 saturated carbocycles. The van der Waals surface area contributed by atoms with Gasteiger partial charge in [-0.25, -0.2) is 0 Å². The zero-order chi connectivity index (χ0) is 14.5. The van der Waals surface area contributed by atoms with Crippen molar-refractivity contribution in [2.45, 2.75) is 45.7 Å². The molecule has 0 aliphatic carbocycles. The molecule has 0 fully saturated rings. The maximum atomic E-state index is 5.58. The molecule has 0 amide bonds. The minimum atomic E-state index is 0.710. The second-order valence-electron chi connectivity index (χ2n) is 5.37. The lowest BCUT2D eigenvalue weighted by Gasteiger charge is -2.15. The van der Waals surface area contributed by atoms with Crippen molar-refractivity contribution in [3.63, 3.8) is 0 Å². The third-order valence-corrected chi connectivity index (χ3v) is 3.71. The zero-order valence-corrected chi connectivity index (χ0v) is 12.5. The van der Waals surface area contributed by atoms with E-state index in [4.69, 9.17) is 4.74 Å². The highest BCUT2D eigenvalue weighted by molar-refractivity contribution is 5.46. The average Bonchev–Trinajstić information content (AvgIpc) is 2.95. The van der Waals surface area contributed by atoms with Crippen molar-refractivity contribution in [1.29, 1.82) is 0 Å². The topological polar surface area (TPSA) is 52.0 Å². The number of nitrogens with zero attached hydrogens (tertiary/aromatic N) is 3. The van der Waals surface area contributed by atoms with E-state index in [0.29, 0.717) is 6.54 Å². The van der Waals surface area contributed by atoms with Gasteiger partial charge in [-0.05, 0) is 43.5 Å². The molecule has 5 heteroatoms. The van der Waals surface area contributed by atoms with Crippen LogP contribution in [0.15, 0.2) is 24.3 Å². The average molecular weight is 286 g/mol. The van der Waals surface area contributed by atoms with E-state index in [1.165, 1.54) is 12.8 Å². The molecule has 2 aromatic rings. The number of rotatable bonds is 6. The van der Waals surface area contributed by atoms with Gasteiger partial charge in [0, 0.05) is 18.7 Å². The number of ether oxygens (including phenoxy) is 1. The van der Waals surface area contributed by atoms with E-state index in [0.717, 1.165) is 49.1 Å². The number of hydrogen-bond acceptors (Lipinski definition) is 4. The Kier molecular flexibility index (Phi) is 4.38. The minimum Gasteiger partial charge on any atom is -0.494 e. The first-order valence-electron chi connectivity index (χ1n) is 7.74. The first-order valence-corrected chi connectivity index (χ1v) is 7.74. The molecule has 1 aliphatic heterocycles. The summed E-state index contributed by atoms with van der Waals surface area (Å²) in [5.41, 5.74) is 1.08. The molecule has 0 unspecified atom stereocenters. The Morgan fingerprint density at radius 2 is 2.05 bits per heavy atom. The van der Waals surface area contributed by atoms with Crippen LogP contribution in [0.1, 0.15) is 37.8 Å². The predicted octanol–water partition coefficient (Wildman–Crippen LogP) is 3.02.